The lowest BCUT2D eigenvalue weighted by Crippen LogP contribution is -2.36. The molecule has 2 nitrogen and oxygen atoms in total. The van der Waals surface area contributed by atoms with Gasteiger partial charge >= 0.3 is 0 Å². The Labute approximate surface area is 68.4 Å². The highest BCUT2D eigenvalue weighted by Gasteiger charge is 2.19. The molecule has 0 aromatic carbocycles. The van der Waals surface area contributed by atoms with E-state index >= 15 is 0 Å². The molecule has 3 heteroatoms. The molecule has 1 aliphatic rings. The molecule has 0 saturated carbocycles. The molecule has 62 valence electrons. The smallest absolute Gasteiger partial charge is 0.0462 e. The van der Waals surface area contributed by atoms with Gasteiger partial charge in [0, 0.05) is 6.61 Å². The second-order valence-electron chi connectivity index (χ2n) is 2.91. The van der Waals surface area contributed by atoms with Crippen LogP contribution in [-0.2, 0) is 0 Å². The van der Waals surface area contributed by atoms with Crippen LogP contribution in [0.1, 0.15) is 13.3 Å². The summed E-state index contributed by atoms with van der Waals surface area (Å²) < 4.78 is 0. The van der Waals surface area contributed by atoms with Crippen LogP contribution < -0.4 is 5.32 Å². The molecular formula is C7H16ClNO. The molecule has 0 amide bonds. The fourth-order valence-corrected chi connectivity index (χ4v) is 1.34. The van der Waals surface area contributed by atoms with Crippen LogP contribution >= 0.6 is 12.4 Å². The van der Waals surface area contributed by atoms with Gasteiger partial charge in [-0.3, -0.25) is 0 Å². The first-order valence-electron chi connectivity index (χ1n) is 3.66. The SMILES string of the molecule is C[C@@H]1CNCC[C@@H]1CO.Cl. The highest BCUT2D eigenvalue weighted by Crippen LogP contribution is 2.16. The Bertz CT molecular complexity index is 89.7. The predicted molar refractivity (Wildman–Crippen MR) is 44.5 cm³/mol. The highest BCUT2D eigenvalue weighted by molar-refractivity contribution is 5.85. The third-order valence-corrected chi connectivity index (χ3v) is 2.20. The number of nitrogens with one attached hydrogen (secondary N) is 1. The van der Waals surface area contributed by atoms with Gasteiger partial charge in [0.15, 0.2) is 0 Å². The Kier molecular flexibility index (Phi) is 5.04. The van der Waals surface area contributed by atoms with Crippen molar-refractivity contribution in [1.82, 2.24) is 5.32 Å². The summed E-state index contributed by atoms with van der Waals surface area (Å²) in [4.78, 5) is 0. The number of halogens is 1. The monoisotopic (exact) mass is 165 g/mol. The number of hydrogen-bond donors (Lipinski definition) is 2. The maximum Gasteiger partial charge on any atom is 0.0462 e. The average molecular weight is 166 g/mol. The molecule has 0 unspecified atom stereocenters. The molecule has 1 heterocycles. The van der Waals surface area contributed by atoms with Crippen molar-refractivity contribution in [2.24, 2.45) is 11.8 Å². The second kappa shape index (κ2) is 4.94. The molecule has 10 heavy (non-hydrogen) atoms. The quantitative estimate of drug-likeness (QED) is 0.598. The van der Waals surface area contributed by atoms with Gasteiger partial charge in [-0.25, -0.2) is 0 Å². The van der Waals surface area contributed by atoms with Crippen molar-refractivity contribution in [3.8, 4) is 0 Å². The summed E-state index contributed by atoms with van der Waals surface area (Å²) in [5, 5.41) is 12.1. The van der Waals surface area contributed by atoms with Gasteiger partial charge in [-0.15, -0.1) is 12.4 Å². The molecule has 0 aromatic heterocycles. The van der Waals surface area contributed by atoms with Gasteiger partial charge in [0.2, 0.25) is 0 Å². The van der Waals surface area contributed by atoms with Crippen LogP contribution in [0.4, 0.5) is 0 Å². The van der Waals surface area contributed by atoms with E-state index < -0.39 is 0 Å². The van der Waals surface area contributed by atoms with Crippen molar-refractivity contribution in [3.63, 3.8) is 0 Å². The molecule has 1 saturated heterocycles. The Morgan fingerprint density at radius 1 is 1.60 bits per heavy atom. The zero-order chi connectivity index (χ0) is 6.69. The minimum atomic E-state index is 0. The van der Waals surface area contributed by atoms with Crippen molar-refractivity contribution in [1.29, 1.82) is 0 Å². The Balaban J connectivity index is 0.000000810. The topological polar surface area (TPSA) is 32.3 Å². The number of aliphatic hydroxyl groups is 1. The van der Waals surface area contributed by atoms with Crippen LogP contribution in [-0.4, -0.2) is 24.8 Å². The summed E-state index contributed by atoms with van der Waals surface area (Å²) in [6, 6.07) is 0. The van der Waals surface area contributed by atoms with Crippen LogP contribution in [0.5, 0.6) is 0 Å². The third kappa shape index (κ3) is 2.45. The summed E-state index contributed by atoms with van der Waals surface area (Å²) in [6.07, 6.45) is 1.14. The largest absolute Gasteiger partial charge is 0.396 e. The third-order valence-electron chi connectivity index (χ3n) is 2.20. The number of rotatable bonds is 1. The van der Waals surface area contributed by atoms with Crippen molar-refractivity contribution in [3.05, 3.63) is 0 Å². The molecule has 2 N–H and O–H groups in total. The first-order valence-corrected chi connectivity index (χ1v) is 3.66. The maximum absolute atomic E-state index is 8.83. The molecule has 1 aliphatic heterocycles. The number of aliphatic hydroxyl groups excluding tert-OH is 1. The van der Waals surface area contributed by atoms with Crippen molar-refractivity contribution in [2.75, 3.05) is 19.7 Å². The van der Waals surface area contributed by atoms with Gasteiger partial charge in [0.05, 0.1) is 0 Å². The summed E-state index contributed by atoms with van der Waals surface area (Å²) in [7, 11) is 0. The predicted octanol–water partition coefficient (Wildman–Crippen LogP) is 0.646. The number of piperidine rings is 1. The summed E-state index contributed by atoms with van der Waals surface area (Å²) >= 11 is 0. The van der Waals surface area contributed by atoms with Gasteiger partial charge in [-0.1, -0.05) is 6.92 Å². The van der Waals surface area contributed by atoms with E-state index in [4.69, 9.17) is 5.11 Å². The average Bonchev–Trinajstić information content (AvgIpc) is 1.89. The zero-order valence-electron chi connectivity index (χ0n) is 6.34. The van der Waals surface area contributed by atoms with Gasteiger partial charge in [-0.2, -0.15) is 0 Å². The van der Waals surface area contributed by atoms with Crippen LogP contribution in [0.15, 0.2) is 0 Å². The van der Waals surface area contributed by atoms with E-state index in [0.717, 1.165) is 19.5 Å². The highest BCUT2D eigenvalue weighted by atomic mass is 35.5. The van der Waals surface area contributed by atoms with Crippen LogP contribution in [0, 0.1) is 11.8 Å². The Morgan fingerprint density at radius 2 is 2.30 bits per heavy atom. The summed E-state index contributed by atoms with van der Waals surface area (Å²) in [5.74, 6) is 1.20. The molecule has 0 radical (unpaired) electrons. The van der Waals surface area contributed by atoms with E-state index in [9.17, 15) is 0 Å². The molecule has 0 aliphatic carbocycles. The van der Waals surface area contributed by atoms with Crippen molar-refractivity contribution >= 4 is 12.4 Å². The summed E-state index contributed by atoms with van der Waals surface area (Å²) in [6.45, 7) is 4.71. The van der Waals surface area contributed by atoms with Gasteiger partial charge in [-0.05, 0) is 31.3 Å². The molecular weight excluding hydrogens is 150 g/mol. The Morgan fingerprint density at radius 3 is 2.70 bits per heavy atom. The number of hydrogen-bond acceptors (Lipinski definition) is 2. The van der Waals surface area contributed by atoms with E-state index in [1.165, 1.54) is 0 Å². The van der Waals surface area contributed by atoms with E-state index in [-0.39, 0.29) is 12.4 Å². The van der Waals surface area contributed by atoms with Crippen molar-refractivity contribution < 1.29 is 5.11 Å². The van der Waals surface area contributed by atoms with Crippen molar-refractivity contribution in [2.45, 2.75) is 13.3 Å². The summed E-state index contributed by atoms with van der Waals surface area (Å²) in [5.41, 5.74) is 0. The molecule has 2 atom stereocenters. The van der Waals surface area contributed by atoms with Gasteiger partial charge in [0.25, 0.3) is 0 Å². The van der Waals surface area contributed by atoms with E-state index in [0.29, 0.717) is 18.4 Å². The van der Waals surface area contributed by atoms with Gasteiger partial charge < -0.3 is 10.4 Å². The zero-order valence-corrected chi connectivity index (χ0v) is 7.16. The fraction of sp³-hybridized carbons (Fsp3) is 1.00. The minimum Gasteiger partial charge on any atom is -0.396 e. The second-order valence-corrected chi connectivity index (χ2v) is 2.91. The van der Waals surface area contributed by atoms with E-state index in [1.807, 2.05) is 0 Å². The first kappa shape index (κ1) is 10.2. The lowest BCUT2D eigenvalue weighted by Gasteiger charge is -2.27. The van der Waals surface area contributed by atoms with E-state index in [2.05, 4.69) is 12.2 Å². The molecule has 0 aromatic rings. The van der Waals surface area contributed by atoms with Crippen LogP contribution in [0.3, 0.4) is 0 Å². The minimum absolute atomic E-state index is 0. The standard InChI is InChI=1S/C7H15NO.ClH/c1-6-4-8-3-2-7(6)5-9;/h6-9H,2-5H2,1H3;1H/t6-,7-;/m1./s1. The fourth-order valence-electron chi connectivity index (χ4n) is 1.34. The lowest BCUT2D eigenvalue weighted by atomic mass is 9.89. The molecule has 1 fully saturated rings. The lowest BCUT2D eigenvalue weighted by molar-refractivity contribution is 0.153. The maximum atomic E-state index is 8.83. The molecule has 1 rings (SSSR count). The van der Waals surface area contributed by atoms with E-state index in [1.54, 1.807) is 0 Å². The normalized spacial score (nSPS) is 33.0. The van der Waals surface area contributed by atoms with Crippen LogP contribution in [0.2, 0.25) is 0 Å². The molecule has 0 spiro atoms. The van der Waals surface area contributed by atoms with Crippen LogP contribution in [0.25, 0.3) is 0 Å². The first-order chi connectivity index (χ1) is 4.34. The Hall–Kier alpha value is 0.210. The van der Waals surface area contributed by atoms with Gasteiger partial charge in [0.1, 0.15) is 0 Å². The molecule has 0 bridgehead atoms.